The van der Waals surface area contributed by atoms with Crippen molar-refractivity contribution in [3.63, 3.8) is 0 Å². The van der Waals surface area contributed by atoms with E-state index in [1.54, 1.807) is 0 Å². The maximum Gasteiger partial charge on any atom is 0.339 e. The average Bonchev–Trinajstić information content (AvgIpc) is 3.31. The van der Waals surface area contributed by atoms with E-state index >= 15 is 0 Å². The normalized spacial score (nSPS) is 14.6. The van der Waals surface area contributed by atoms with Crippen molar-refractivity contribution in [1.82, 2.24) is 19.0 Å². The van der Waals surface area contributed by atoms with E-state index in [2.05, 4.69) is 40.9 Å². The number of pyridine rings is 1. The minimum atomic E-state index is -1.13. The number of piperazine rings is 1. The molecule has 2 aromatic heterocycles. The number of hydrogen-bond donors (Lipinski definition) is 1. The predicted molar refractivity (Wildman–Crippen MR) is 166 cm³/mol. The Bertz CT molecular complexity index is 1730. The third kappa shape index (κ3) is 6.54. The van der Waals surface area contributed by atoms with Crippen molar-refractivity contribution in [1.29, 1.82) is 0 Å². The number of aryl methyl sites for hydroxylation is 1. The topological polar surface area (TPSA) is 108 Å². The molecule has 0 radical (unpaired) electrons. The molecule has 1 fully saturated rings. The van der Waals surface area contributed by atoms with E-state index in [0.29, 0.717) is 18.9 Å². The minimum absolute atomic E-state index is 0.00364. The number of imidazole rings is 1. The van der Waals surface area contributed by atoms with Crippen LogP contribution in [0, 0.1) is 17.6 Å². The molecule has 2 aromatic carbocycles. The highest BCUT2D eigenvalue weighted by atomic mass is 19.2. The van der Waals surface area contributed by atoms with Gasteiger partial charge in [0.2, 0.25) is 5.95 Å². The molecular formula is C32H38F2N6O4. The van der Waals surface area contributed by atoms with E-state index in [4.69, 9.17) is 15.2 Å². The Labute approximate surface area is 254 Å². The standard InChI is InChI=1S/C32H38F2N6O4/c1-20(18-40-28-15-22(7-8-27(28)36-32(40)35)39-11-9-37(2)10-12-39)6-5-13-44-29-17-26(34)25(33)16-23(29)24-14-21(31(42)43-4)19-38(3)30(24)41/h7-8,14-17,19-20H,5-6,9-13,18H2,1-4H3,(H2,35,36)/t20-/m1/s1. The van der Waals surface area contributed by atoms with Gasteiger partial charge >= 0.3 is 5.97 Å². The zero-order valence-corrected chi connectivity index (χ0v) is 25.5. The van der Waals surface area contributed by atoms with Gasteiger partial charge in [-0.3, -0.25) is 4.79 Å². The van der Waals surface area contributed by atoms with Crippen molar-refractivity contribution >= 4 is 28.6 Å². The van der Waals surface area contributed by atoms with Gasteiger partial charge in [0.05, 0.1) is 35.9 Å². The van der Waals surface area contributed by atoms with Crippen LogP contribution in [0.5, 0.6) is 5.75 Å². The van der Waals surface area contributed by atoms with Crippen LogP contribution in [0.2, 0.25) is 0 Å². The number of carbonyl (C=O) groups is 1. The fraction of sp³-hybridized carbons (Fsp3) is 0.406. The number of likely N-dealkylation sites (N-methyl/N-ethyl adjacent to an activating group) is 1. The summed E-state index contributed by atoms with van der Waals surface area (Å²) in [5.41, 5.74) is 8.96. The Hall–Kier alpha value is -4.45. The van der Waals surface area contributed by atoms with Gasteiger partial charge in [0.15, 0.2) is 11.6 Å². The summed E-state index contributed by atoms with van der Waals surface area (Å²) in [5, 5.41) is 0. The number of methoxy groups -OCH3 is 1. The molecule has 1 aliphatic rings. The summed E-state index contributed by atoms with van der Waals surface area (Å²) in [5.74, 6) is -2.22. The number of halogens is 2. The number of carbonyl (C=O) groups excluding carboxylic acids is 1. The number of benzene rings is 2. The van der Waals surface area contributed by atoms with Crippen molar-refractivity contribution in [2.45, 2.75) is 26.3 Å². The predicted octanol–water partition coefficient (Wildman–Crippen LogP) is 4.30. The lowest BCUT2D eigenvalue weighted by Crippen LogP contribution is -2.44. The molecule has 1 atom stereocenters. The average molecular weight is 609 g/mol. The molecule has 2 N–H and O–H groups in total. The van der Waals surface area contributed by atoms with Gasteiger partial charge in [-0.1, -0.05) is 6.92 Å². The monoisotopic (exact) mass is 608 g/mol. The molecular weight excluding hydrogens is 570 g/mol. The lowest BCUT2D eigenvalue weighted by Gasteiger charge is -2.34. The molecule has 44 heavy (non-hydrogen) atoms. The van der Waals surface area contributed by atoms with Crippen LogP contribution in [0.15, 0.2) is 47.4 Å². The summed E-state index contributed by atoms with van der Waals surface area (Å²) in [6.45, 7) is 6.93. The van der Waals surface area contributed by atoms with E-state index < -0.39 is 23.2 Å². The summed E-state index contributed by atoms with van der Waals surface area (Å²) in [6.07, 6.45) is 2.69. The quantitative estimate of drug-likeness (QED) is 0.210. The van der Waals surface area contributed by atoms with Crippen molar-refractivity contribution < 1.29 is 23.0 Å². The minimum Gasteiger partial charge on any atom is -0.493 e. The highest BCUT2D eigenvalue weighted by molar-refractivity contribution is 5.91. The molecule has 1 saturated heterocycles. The van der Waals surface area contributed by atoms with E-state index in [9.17, 15) is 18.4 Å². The van der Waals surface area contributed by atoms with Crippen molar-refractivity contribution in [3.8, 4) is 16.9 Å². The number of anilines is 2. The smallest absolute Gasteiger partial charge is 0.339 e. The number of nitrogen functional groups attached to an aromatic ring is 1. The van der Waals surface area contributed by atoms with Crippen molar-refractivity contribution in [3.05, 3.63) is 70.1 Å². The Balaban J connectivity index is 1.27. The first-order valence-corrected chi connectivity index (χ1v) is 14.7. The molecule has 0 amide bonds. The number of aromatic nitrogens is 3. The van der Waals surface area contributed by atoms with Gasteiger partial charge in [0.25, 0.3) is 5.56 Å². The maximum atomic E-state index is 14.3. The van der Waals surface area contributed by atoms with Crippen LogP contribution in [-0.4, -0.2) is 71.9 Å². The molecule has 0 spiro atoms. The number of hydrogen-bond acceptors (Lipinski definition) is 8. The van der Waals surface area contributed by atoms with E-state index in [1.807, 2.05) is 10.6 Å². The Morgan fingerprint density at radius 3 is 2.50 bits per heavy atom. The first-order chi connectivity index (χ1) is 21.0. The number of esters is 1. The number of fused-ring (bicyclic) bond motifs is 1. The van der Waals surface area contributed by atoms with Crippen LogP contribution < -0.4 is 20.9 Å². The zero-order chi connectivity index (χ0) is 31.5. The Morgan fingerprint density at radius 1 is 1.05 bits per heavy atom. The number of rotatable bonds is 10. The van der Waals surface area contributed by atoms with Crippen molar-refractivity contribution in [2.75, 3.05) is 57.6 Å². The molecule has 5 rings (SSSR count). The van der Waals surface area contributed by atoms with Gasteiger partial charge in [0, 0.05) is 63.3 Å². The summed E-state index contributed by atoms with van der Waals surface area (Å²) >= 11 is 0. The molecule has 234 valence electrons. The van der Waals surface area contributed by atoms with Gasteiger partial charge < -0.3 is 34.1 Å². The first kappa shape index (κ1) is 31.0. The number of nitrogens with two attached hydrogens (primary N) is 1. The van der Waals surface area contributed by atoms with E-state index in [-0.39, 0.29) is 35.0 Å². The van der Waals surface area contributed by atoms with E-state index in [1.165, 1.54) is 31.0 Å². The Kier molecular flexibility index (Phi) is 9.19. The fourth-order valence-electron chi connectivity index (χ4n) is 5.59. The van der Waals surface area contributed by atoms with Crippen LogP contribution >= 0.6 is 0 Å². The lowest BCUT2D eigenvalue weighted by molar-refractivity contribution is 0.0599. The van der Waals surface area contributed by atoms with Gasteiger partial charge in [0.1, 0.15) is 5.75 Å². The molecule has 0 aliphatic carbocycles. The lowest BCUT2D eigenvalue weighted by atomic mass is 10.0. The van der Waals surface area contributed by atoms with Crippen molar-refractivity contribution in [2.24, 2.45) is 13.0 Å². The molecule has 3 heterocycles. The molecule has 1 aliphatic heterocycles. The molecule has 4 aromatic rings. The second-order valence-electron chi connectivity index (χ2n) is 11.5. The first-order valence-electron chi connectivity index (χ1n) is 14.7. The summed E-state index contributed by atoms with van der Waals surface area (Å²) in [7, 11) is 4.81. The largest absolute Gasteiger partial charge is 0.493 e. The molecule has 0 unspecified atom stereocenters. The van der Waals surface area contributed by atoms with E-state index in [0.717, 1.165) is 61.5 Å². The van der Waals surface area contributed by atoms with Gasteiger partial charge in [-0.15, -0.1) is 0 Å². The molecule has 10 nitrogen and oxygen atoms in total. The van der Waals surface area contributed by atoms with Gasteiger partial charge in [-0.25, -0.2) is 18.6 Å². The molecule has 12 heteroatoms. The highest BCUT2D eigenvalue weighted by Gasteiger charge is 2.20. The second-order valence-corrected chi connectivity index (χ2v) is 11.5. The van der Waals surface area contributed by atoms with Crippen LogP contribution in [0.4, 0.5) is 20.4 Å². The summed E-state index contributed by atoms with van der Waals surface area (Å²) in [6, 6.07) is 9.40. The van der Waals surface area contributed by atoms with Crippen LogP contribution in [0.1, 0.15) is 30.1 Å². The SMILES string of the molecule is COC(=O)c1cc(-c2cc(F)c(F)cc2OCCC[C@@H](C)Cn2c(N)nc3ccc(N4CCN(C)CC4)cc32)c(=O)n(C)c1. The molecule has 0 saturated carbocycles. The number of nitrogens with zero attached hydrogens (tertiary/aromatic N) is 5. The summed E-state index contributed by atoms with van der Waals surface area (Å²) < 4.78 is 42.5. The van der Waals surface area contributed by atoms with Gasteiger partial charge in [-0.2, -0.15) is 0 Å². The third-order valence-corrected chi connectivity index (χ3v) is 8.14. The third-order valence-electron chi connectivity index (χ3n) is 8.14. The highest BCUT2D eigenvalue weighted by Crippen LogP contribution is 2.32. The van der Waals surface area contributed by atoms with Crippen LogP contribution in [0.3, 0.4) is 0 Å². The second kappa shape index (κ2) is 13.0. The molecule has 0 bridgehead atoms. The van der Waals surface area contributed by atoms with Crippen LogP contribution in [0.25, 0.3) is 22.2 Å². The van der Waals surface area contributed by atoms with Gasteiger partial charge in [-0.05, 0) is 56.1 Å². The zero-order valence-electron chi connectivity index (χ0n) is 25.5. The summed E-state index contributed by atoms with van der Waals surface area (Å²) in [4.78, 5) is 34.3. The fourth-order valence-corrected chi connectivity index (χ4v) is 5.59. The maximum absolute atomic E-state index is 14.3. The number of ether oxygens (including phenoxy) is 2. The Morgan fingerprint density at radius 2 is 1.77 bits per heavy atom. The van der Waals surface area contributed by atoms with Crippen LogP contribution in [-0.2, 0) is 18.3 Å².